The smallest absolute Gasteiger partial charge is 0.411 e. The molecule has 0 saturated carbocycles. The van der Waals surface area contributed by atoms with Crippen LogP contribution in [0, 0.1) is 0 Å². The lowest BCUT2D eigenvalue weighted by Crippen LogP contribution is -2.28. The van der Waals surface area contributed by atoms with Crippen LogP contribution in [0.5, 0.6) is 0 Å². The number of ether oxygens (including phenoxy) is 2. The van der Waals surface area contributed by atoms with Gasteiger partial charge in [-0.15, -0.1) is 0 Å². The number of carbonyl (C=O) groups is 2. The van der Waals surface area contributed by atoms with Gasteiger partial charge >= 0.3 is 12.1 Å². The minimum atomic E-state index is -0.708. The van der Waals surface area contributed by atoms with Crippen molar-refractivity contribution in [1.82, 2.24) is 5.32 Å². The van der Waals surface area contributed by atoms with Gasteiger partial charge in [0, 0.05) is 0 Å². The Balaban J connectivity index is 3.86. The summed E-state index contributed by atoms with van der Waals surface area (Å²) in [5.74, 6) is -0.657. The van der Waals surface area contributed by atoms with Crippen LogP contribution in [0.15, 0.2) is 12.3 Å². The molecule has 5 nitrogen and oxygen atoms in total. The SMILES string of the molecule is C=C(NC(=O)OCC)C(=O)OCC. The summed E-state index contributed by atoms with van der Waals surface area (Å²) in [6.45, 7) is 7.11. The Hall–Kier alpha value is -1.52. The highest BCUT2D eigenvalue weighted by atomic mass is 16.6. The molecule has 0 aromatic heterocycles. The maximum atomic E-state index is 10.9. The lowest BCUT2D eigenvalue weighted by Gasteiger charge is -2.06. The van der Waals surface area contributed by atoms with Gasteiger partial charge in [0.25, 0.3) is 0 Å². The molecule has 0 fully saturated rings. The monoisotopic (exact) mass is 187 g/mol. The normalized spacial score (nSPS) is 8.77. The molecule has 13 heavy (non-hydrogen) atoms. The molecule has 0 atom stereocenters. The van der Waals surface area contributed by atoms with Crippen LogP contribution in [0.2, 0.25) is 0 Å². The number of rotatable bonds is 4. The largest absolute Gasteiger partial charge is 0.461 e. The van der Waals surface area contributed by atoms with Gasteiger partial charge in [0.05, 0.1) is 13.2 Å². The van der Waals surface area contributed by atoms with Gasteiger partial charge in [-0.1, -0.05) is 6.58 Å². The number of carbonyl (C=O) groups excluding carboxylic acids is 2. The second-order valence-corrected chi connectivity index (χ2v) is 2.04. The van der Waals surface area contributed by atoms with Crippen molar-refractivity contribution in [2.24, 2.45) is 0 Å². The third-order valence-electron chi connectivity index (χ3n) is 1.05. The topological polar surface area (TPSA) is 64.6 Å². The first kappa shape index (κ1) is 11.5. The lowest BCUT2D eigenvalue weighted by atomic mass is 10.5. The Kier molecular flexibility index (Phi) is 5.34. The van der Waals surface area contributed by atoms with Crippen LogP contribution in [0.25, 0.3) is 0 Å². The van der Waals surface area contributed by atoms with Crippen molar-refractivity contribution in [3.8, 4) is 0 Å². The first-order valence-corrected chi connectivity index (χ1v) is 3.91. The highest BCUT2D eigenvalue weighted by Crippen LogP contribution is 1.90. The van der Waals surface area contributed by atoms with Crippen molar-refractivity contribution in [2.75, 3.05) is 13.2 Å². The number of hydrogen-bond donors (Lipinski definition) is 1. The van der Waals surface area contributed by atoms with Crippen LogP contribution in [0.3, 0.4) is 0 Å². The average Bonchev–Trinajstić information content (AvgIpc) is 2.05. The maximum Gasteiger partial charge on any atom is 0.411 e. The van der Waals surface area contributed by atoms with Gasteiger partial charge in [-0.3, -0.25) is 5.32 Å². The van der Waals surface area contributed by atoms with E-state index in [9.17, 15) is 9.59 Å². The summed E-state index contributed by atoms with van der Waals surface area (Å²) in [7, 11) is 0. The van der Waals surface area contributed by atoms with Crippen molar-refractivity contribution in [2.45, 2.75) is 13.8 Å². The van der Waals surface area contributed by atoms with E-state index >= 15 is 0 Å². The van der Waals surface area contributed by atoms with E-state index in [-0.39, 0.29) is 18.9 Å². The van der Waals surface area contributed by atoms with Crippen LogP contribution in [0.1, 0.15) is 13.8 Å². The van der Waals surface area contributed by atoms with Crippen LogP contribution < -0.4 is 5.32 Å². The van der Waals surface area contributed by atoms with Crippen molar-refractivity contribution in [3.63, 3.8) is 0 Å². The zero-order chi connectivity index (χ0) is 10.3. The summed E-state index contributed by atoms with van der Waals surface area (Å²) in [5.41, 5.74) is -0.125. The summed E-state index contributed by atoms with van der Waals surface area (Å²) >= 11 is 0. The van der Waals surface area contributed by atoms with Crippen molar-refractivity contribution in [3.05, 3.63) is 12.3 Å². The molecule has 0 aliphatic heterocycles. The average molecular weight is 187 g/mol. The van der Waals surface area contributed by atoms with Gasteiger partial charge in [0.1, 0.15) is 5.70 Å². The molecular weight excluding hydrogens is 174 g/mol. The number of amides is 1. The summed E-state index contributed by atoms with van der Waals surface area (Å²) in [6, 6.07) is 0. The van der Waals surface area contributed by atoms with Gasteiger partial charge in [-0.05, 0) is 13.8 Å². The first-order valence-electron chi connectivity index (χ1n) is 3.91. The van der Waals surface area contributed by atoms with E-state index in [1.54, 1.807) is 13.8 Å². The van der Waals surface area contributed by atoms with E-state index < -0.39 is 12.1 Å². The molecule has 0 rings (SSSR count). The molecular formula is C8H13NO4. The van der Waals surface area contributed by atoms with Crippen LogP contribution in [-0.2, 0) is 14.3 Å². The highest BCUT2D eigenvalue weighted by Gasteiger charge is 2.11. The van der Waals surface area contributed by atoms with Crippen molar-refractivity contribution in [1.29, 1.82) is 0 Å². The minimum absolute atomic E-state index is 0.125. The molecule has 5 heteroatoms. The van der Waals surface area contributed by atoms with E-state index in [4.69, 9.17) is 0 Å². The number of alkyl carbamates (subject to hydrolysis) is 1. The highest BCUT2D eigenvalue weighted by molar-refractivity contribution is 5.91. The molecule has 74 valence electrons. The quantitative estimate of drug-likeness (QED) is 0.522. The Labute approximate surface area is 76.7 Å². The summed E-state index contributed by atoms with van der Waals surface area (Å²) in [6.07, 6.45) is -0.708. The van der Waals surface area contributed by atoms with Crippen LogP contribution in [0.4, 0.5) is 4.79 Å². The third-order valence-corrected chi connectivity index (χ3v) is 1.05. The van der Waals surface area contributed by atoms with E-state index in [0.29, 0.717) is 0 Å². The second kappa shape index (κ2) is 6.05. The second-order valence-electron chi connectivity index (χ2n) is 2.04. The molecule has 0 radical (unpaired) electrons. The van der Waals surface area contributed by atoms with E-state index in [1.165, 1.54) is 0 Å². The van der Waals surface area contributed by atoms with E-state index in [2.05, 4.69) is 21.4 Å². The molecule has 0 heterocycles. The molecule has 0 aliphatic rings. The number of hydrogen-bond acceptors (Lipinski definition) is 4. The molecule has 0 spiro atoms. The molecule has 1 N–H and O–H groups in total. The van der Waals surface area contributed by atoms with Crippen LogP contribution in [-0.4, -0.2) is 25.3 Å². The molecule has 0 aliphatic carbocycles. The molecule has 0 aromatic rings. The van der Waals surface area contributed by atoms with Crippen LogP contribution >= 0.6 is 0 Å². The standard InChI is InChI=1S/C8H13NO4/c1-4-12-7(10)6(3)9-8(11)13-5-2/h3-5H2,1-2H3,(H,9,11). The molecule has 0 saturated heterocycles. The number of esters is 1. The predicted octanol–water partition coefficient (Wildman–Crippen LogP) is 0.809. The molecule has 1 amide bonds. The summed E-state index contributed by atoms with van der Waals surface area (Å²) in [4.78, 5) is 21.7. The fourth-order valence-electron chi connectivity index (χ4n) is 0.560. The fraction of sp³-hybridized carbons (Fsp3) is 0.500. The first-order chi connectivity index (χ1) is 6.11. The van der Waals surface area contributed by atoms with Gasteiger partial charge in [-0.25, -0.2) is 9.59 Å². The maximum absolute atomic E-state index is 10.9. The van der Waals surface area contributed by atoms with E-state index in [0.717, 1.165) is 0 Å². The van der Waals surface area contributed by atoms with Gasteiger partial charge in [0.15, 0.2) is 0 Å². The molecule has 0 unspecified atom stereocenters. The van der Waals surface area contributed by atoms with Gasteiger partial charge in [0.2, 0.25) is 0 Å². The van der Waals surface area contributed by atoms with Gasteiger partial charge < -0.3 is 9.47 Å². The zero-order valence-corrected chi connectivity index (χ0v) is 7.75. The third kappa shape index (κ3) is 4.84. The molecule has 0 aromatic carbocycles. The Morgan fingerprint density at radius 3 is 2.23 bits per heavy atom. The van der Waals surface area contributed by atoms with Crippen molar-refractivity contribution >= 4 is 12.1 Å². The minimum Gasteiger partial charge on any atom is -0.461 e. The Morgan fingerprint density at radius 2 is 1.77 bits per heavy atom. The predicted molar refractivity (Wildman–Crippen MR) is 45.9 cm³/mol. The van der Waals surface area contributed by atoms with E-state index in [1.807, 2.05) is 0 Å². The summed E-state index contributed by atoms with van der Waals surface area (Å²) < 4.78 is 9.10. The molecule has 0 bridgehead atoms. The number of nitrogens with one attached hydrogen (secondary N) is 1. The fourth-order valence-corrected chi connectivity index (χ4v) is 0.560. The van der Waals surface area contributed by atoms with Crippen molar-refractivity contribution < 1.29 is 19.1 Å². The summed E-state index contributed by atoms with van der Waals surface area (Å²) in [5, 5.41) is 2.14. The Bertz CT molecular complexity index is 212. The lowest BCUT2D eigenvalue weighted by molar-refractivity contribution is -0.138. The van der Waals surface area contributed by atoms with Gasteiger partial charge in [-0.2, -0.15) is 0 Å². The zero-order valence-electron chi connectivity index (χ0n) is 7.75. The Morgan fingerprint density at radius 1 is 1.23 bits per heavy atom.